The Morgan fingerprint density at radius 2 is 2.19 bits per heavy atom. The maximum Gasteiger partial charge on any atom is 0.234 e. The SMILES string of the molecule is COc1ccc(C(O)CNC(=O)CN2CCCC2C)cc1. The highest BCUT2D eigenvalue weighted by Gasteiger charge is 2.22. The van der Waals surface area contributed by atoms with Crippen LogP contribution < -0.4 is 10.1 Å². The minimum absolute atomic E-state index is 0.0312. The zero-order valence-electron chi connectivity index (χ0n) is 12.7. The van der Waals surface area contributed by atoms with Crippen LogP contribution in [0.3, 0.4) is 0 Å². The molecule has 1 aromatic carbocycles. The summed E-state index contributed by atoms with van der Waals surface area (Å²) in [6.07, 6.45) is 1.61. The van der Waals surface area contributed by atoms with Gasteiger partial charge in [-0.2, -0.15) is 0 Å². The molecule has 21 heavy (non-hydrogen) atoms. The summed E-state index contributed by atoms with van der Waals surface area (Å²) in [4.78, 5) is 14.1. The molecule has 0 radical (unpaired) electrons. The minimum atomic E-state index is -0.698. The van der Waals surface area contributed by atoms with Crippen LogP contribution in [0.2, 0.25) is 0 Å². The third kappa shape index (κ3) is 4.44. The smallest absolute Gasteiger partial charge is 0.234 e. The largest absolute Gasteiger partial charge is 0.497 e. The van der Waals surface area contributed by atoms with Crippen LogP contribution in [0.15, 0.2) is 24.3 Å². The van der Waals surface area contributed by atoms with E-state index in [0.29, 0.717) is 12.6 Å². The molecule has 2 rings (SSSR count). The van der Waals surface area contributed by atoms with Gasteiger partial charge in [-0.1, -0.05) is 12.1 Å². The maximum absolute atomic E-state index is 11.9. The van der Waals surface area contributed by atoms with Gasteiger partial charge in [0.15, 0.2) is 0 Å². The highest BCUT2D eigenvalue weighted by Crippen LogP contribution is 2.17. The topological polar surface area (TPSA) is 61.8 Å². The second kappa shape index (κ2) is 7.43. The van der Waals surface area contributed by atoms with Crippen LogP contribution in [-0.2, 0) is 4.79 Å². The monoisotopic (exact) mass is 292 g/mol. The van der Waals surface area contributed by atoms with E-state index in [4.69, 9.17) is 4.74 Å². The van der Waals surface area contributed by atoms with Gasteiger partial charge in [-0.25, -0.2) is 0 Å². The van der Waals surface area contributed by atoms with E-state index in [1.165, 1.54) is 0 Å². The van der Waals surface area contributed by atoms with E-state index < -0.39 is 6.10 Å². The van der Waals surface area contributed by atoms with Gasteiger partial charge in [-0.3, -0.25) is 9.69 Å². The van der Waals surface area contributed by atoms with Crippen LogP contribution in [0, 0.1) is 0 Å². The fourth-order valence-electron chi connectivity index (χ4n) is 2.62. The number of likely N-dealkylation sites (tertiary alicyclic amines) is 1. The van der Waals surface area contributed by atoms with Gasteiger partial charge in [-0.05, 0) is 44.0 Å². The molecule has 1 fully saturated rings. The van der Waals surface area contributed by atoms with Crippen molar-refractivity contribution in [2.45, 2.75) is 31.9 Å². The van der Waals surface area contributed by atoms with E-state index in [1.807, 2.05) is 0 Å². The second-order valence-corrected chi connectivity index (χ2v) is 5.55. The number of carbonyl (C=O) groups is 1. The number of aliphatic hydroxyl groups is 1. The van der Waals surface area contributed by atoms with Gasteiger partial charge in [0, 0.05) is 12.6 Å². The van der Waals surface area contributed by atoms with Crippen molar-refractivity contribution in [2.75, 3.05) is 26.7 Å². The lowest BCUT2D eigenvalue weighted by molar-refractivity contribution is -0.122. The van der Waals surface area contributed by atoms with Crippen LogP contribution in [0.4, 0.5) is 0 Å². The second-order valence-electron chi connectivity index (χ2n) is 5.55. The van der Waals surface area contributed by atoms with E-state index >= 15 is 0 Å². The number of carbonyl (C=O) groups excluding carboxylic acids is 1. The van der Waals surface area contributed by atoms with Crippen LogP contribution in [0.25, 0.3) is 0 Å². The van der Waals surface area contributed by atoms with Crippen LogP contribution in [0.1, 0.15) is 31.4 Å². The summed E-state index contributed by atoms with van der Waals surface area (Å²) in [6.45, 7) is 3.77. The van der Waals surface area contributed by atoms with E-state index in [9.17, 15) is 9.90 Å². The molecule has 1 aliphatic rings. The van der Waals surface area contributed by atoms with Gasteiger partial charge >= 0.3 is 0 Å². The molecule has 0 bridgehead atoms. The zero-order chi connectivity index (χ0) is 15.2. The molecule has 0 saturated carbocycles. The molecule has 5 nitrogen and oxygen atoms in total. The van der Waals surface area contributed by atoms with E-state index in [0.717, 1.165) is 30.7 Å². The molecule has 2 atom stereocenters. The number of hydrogen-bond donors (Lipinski definition) is 2. The lowest BCUT2D eigenvalue weighted by Crippen LogP contribution is -2.40. The maximum atomic E-state index is 11.9. The van der Waals surface area contributed by atoms with Gasteiger partial charge in [-0.15, -0.1) is 0 Å². The van der Waals surface area contributed by atoms with Gasteiger partial charge < -0.3 is 15.2 Å². The number of benzene rings is 1. The van der Waals surface area contributed by atoms with E-state index in [-0.39, 0.29) is 12.5 Å². The Labute approximate surface area is 125 Å². The van der Waals surface area contributed by atoms with Crippen LogP contribution in [-0.4, -0.2) is 48.7 Å². The Morgan fingerprint density at radius 3 is 2.76 bits per heavy atom. The van der Waals surface area contributed by atoms with Crippen molar-refractivity contribution in [3.63, 3.8) is 0 Å². The van der Waals surface area contributed by atoms with Crippen molar-refractivity contribution in [3.8, 4) is 5.75 Å². The van der Waals surface area contributed by atoms with Crippen molar-refractivity contribution in [1.82, 2.24) is 10.2 Å². The van der Waals surface area contributed by atoms with Gasteiger partial charge in [0.25, 0.3) is 0 Å². The zero-order valence-corrected chi connectivity index (χ0v) is 12.7. The number of nitrogens with one attached hydrogen (secondary N) is 1. The van der Waals surface area contributed by atoms with E-state index in [1.54, 1.807) is 31.4 Å². The lowest BCUT2D eigenvalue weighted by Gasteiger charge is -2.20. The fourth-order valence-corrected chi connectivity index (χ4v) is 2.62. The highest BCUT2D eigenvalue weighted by molar-refractivity contribution is 5.78. The van der Waals surface area contributed by atoms with Crippen molar-refractivity contribution >= 4 is 5.91 Å². The Morgan fingerprint density at radius 1 is 1.48 bits per heavy atom. The first-order chi connectivity index (χ1) is 10.1. The standard InChI is InChI=1S/C16H24N2O3/c1-12-4-3-9-18(12)11-16(20)17-10-15(19)13-5-7-14(21-2)8-6-13/h5-8,12,15,19H,3-4,9-11H2,1-2H3,(H,17,20). The average molecular weight is 292 g/mol. The molecular formula is C16H24N2O3. The normalized spacial score (nSPS) is 20.2. The van der Waals surface area contributed by atoms with Crippen molar-refractivity contribution in [2.24, 2.45) is 0 Å². The number of rotatable bonds is 6. The van der Waals surface area contributed by atoms with Gasteiger partial charge in [0.05, 0.1) is 19.8 Å². The van der Waals surface area contributed by atoms with Crippen molar-refractivity contribution in [3.05, 3.63) is 29.8 Å². The first-order valence-corrected chi connectivity index (χ1v) is 7.43. The summed E-state index contributed by atoms with van der Waals surface area (Å²) in [5.41, 5.74) is 0.769. The number of aliphatic hydroxyl groups excluding tert-OH is 1. The molecule has 2 N–H and O–H groups in total. The molecular weight excluding hydrogens is 268 g/mol. The summed E-state index contributed by atoms with van der Waals surface area (Å²) in [7, 11) is 1.60. The number of amides is 1. The van der Waals surface area contributed by atoms with Crippen LogP contribution in [0.5, 0.6) is 5.75 Å². The molecule has 1 aliphatic heterocycles. The van der Waals surface area contributed by atoms with Gasteiger partial charge in [0.1, 0.15) is 5.75 Å². The number of ether oxygens (including phenoxy) is 1. The molecule has 0 spiro atoms. The average Bonchev–Trinajstić information content (AvgIpc) is 2.90. The Kier molecular flexibility index (Phi) is 5.59. The third-order valence-corrected chi connectivity index (χ3v) is 4.03. The predicted octanol–water partition coefficient (Wildman–Crippen LogP) is 1.33. The number of nitrogens with zero attached hydrogens (tertiary/aromatic N) is 1. The summed E-state index contributed by atoms with van der Waals surface area (Å²) >= 11 is 0. The number of hydrogen-bond acceptors (Lipinski definition) is 4. The molecule has 0 aromatic heterocycles. The van der Waals surface area contributed by atoms with Crippen LogP contribution >= 0.6 is 0 Å². The molecule has 1 heterocycles. The summed E-state index contributed by atoms with van der Waals surface area (Å²) in [6, 6.07) is 7.68. The Bertz CT molecular complexity index is 461. The molecule has 2 unspecified atom stereocenters. The Balaban J connectivity index is 1.77. The quantitative estimate of drug-likeness (QED) is 0.830. The predicted molar refractivity (Wildman–Crippen MR) is 81.2 cm³/mol. The highest BCUT2D eigenvalue weighted by atomic mass is 16.5. The molecule has 5 heteroatoms. The van der Waals surface area contributed by atoms with Gasteiger partial charge in [0.2, 0.25) is 5.91 Å². The summed E-state index contributed by atoms with van der Waals surface area (Å²) in [5.74, 6) is 0.717. The third-order valence-electron chi connectivity index (χ3n) is 4.03. The van der Waals surface area contributed by atoms with E-state index in [2.05, 4.69) is 17.1 Å². The van der Waals surface area contributed by atoms with Crippen molar-refractivity contribution < 1.29 is 14.6 Å². The molecule has 1 amide bonds. The lowest BCUT2D eigenvalue weighted by atomic mass is 10.1. The first-order valence-electron chi connectivity index (χ1n) is 7.43. The fraction of sp³-hybridized carbons (Fsp3) is 0.562. The Hall–Kier alpha value is -1.59. The molecule has 1 aromatic rings. The molecule has 0 aliphatic carbocycles. The summed E-state index contributed by atoms with van der Waals surface area (Å²) in [5, 5.41) is 12.9. The number of methoxy groups -OCH3 is 1. The summed E-state index contributed by atoms with van der Waals surface area (Å²) < 4.78 is 5.07. The first kappa shape index (κ1) is 15.8. The molecule has 116 valence electrons. The molecule has 1 saturated heterocycles. The minimum Gasteiger partial charge on any atom is -0.497 e. The van der Waals surface area contributed by atoms with Crippen molar-refractivity contribution in [1.29, 1.82) is 0 Å².